The zero-order valence-corrected chi connectivity index (χ0v) is 3.84. The largest absolute Gasteiger partial charge is 0.395 e. The molecule has 0 aliphatic heterocycles. The topological polar surface area (TPSA) is 0 Å². The number of alkyl halides is 3. The zero-order valence-electron chi connectivity index (χ0n) is 3.84. The molecular formula is C4H5F3. The van der Waals surface area contributed by atoms with Crippen molar-refractivity contribution in [2.45, 2.75) is 13.1 Å². The van der Waals surface area contributed by atoms with Crippen molar-refractivity contribution in [1.82, 2.24) is 0 Å². The van der Waals surface area contributed by atoms with Crippen LogP contribution in [0.25, 0.3) is 0 Å². The second-order valence-corrected chi connectivity index (χ2v) is 1.28. The van der Waals surface area contributed by atoms with Gasteiger partial charge in [-0.3, -0.25) is 0 Å². The van der Waals surface area contributed by atoms with E-state index in [0.717, 1.165) is 6.92 Å². The molecule has 0 rings (SSSR count). The van der Waals surface area contributed by atoms with E-state index in [1.807, 2.05) is 0 Å². The fourth-order valence-electron chi connectivity index (χ4n) is 0. The van der Waals surface area contributed by atoms with Crippen molar-refractivity contribution in [2.75, 3.05) is 0 Å². The highest BCUT2D eigenvalue weighted by molar-refractivity contribution is 4.94. The van der Waals surface area contributed by atoms with Crippen LogP contribution >= 0.6 is 0 Å². The Morgan fingerprint density at radius 2 is 1.57 bits per heavy atom. The van der Waals surface area contributed by atoms with Crippen molar-refractivity contribution < 1.29 is 13.2 Å². The third kappa shape index (κ3) is 2.48. The normalized spacial score (nSPS) is 12.9. The molecule has 0 aromatic rings. The molecule has 0 fully saturated rings. The van der Waals surface area contributed by atoms with Crippen LogP contribution in [-0.4, -0.2) is 6.18 Å². The molecule has 2 radical (unpaired) electrons. The first-order valence-electron chi connectivity index (χ1n) is 1.67. The van der Waals surface area contributed by atoms with E-state index in [9.17, 15) is 13.2 Å². The smallest absolute Gasteiger partial charge is 0.170 e. The second kappa shape index (κ2) is 1.72. The Kier molecular flexibility index (Phi) is 1.67. The number of hydrogen-bond acceptors (Lipinski definition) is 0. The van der Waals surface area contributed by atoms with Crippen LogP contribution < -0.4 is 0 Å². The molecule has 0 amide bonds. The lowest BCUT2D eigenvalue weighted by Crippen LogP contribution is -2.13. The van der Waals surface area contributed by atoms with Gasteiger partial charge < -0.3 is 0 Å². The zero-order chi connectivity index (χ0) is 6.08. The summed E-state index contributed by atoms with van der Waals surface area (Å²) < 4.78 is 33.2. The monoisotopic (exact) mass is 110 g/mol. The molecule has 0 atom stereocenters. The Hall–Kier alpha value is -0.210. The van der Waals surface area contributed by atoms with Crippen LogP contribution in [0.5, 0.6) is 0 Å². The highest BCUT2D eigenvalue weighted by Gasteiger charge is 2.32. The molecule has 42 valence electrons. The molecule has 0 spiro atoms. The molecule has 0 saturated carbocycles. The van der Waals surface area contributed by atoms with Gasteiger partial charge in [0, 0.05) is 0 Å². The standard InChI is InChI=1S/C4H5F3/c1-3(2)4(5,6)7/h1H2,2H3. The fourth-order valence-corrected chi connectivity index (χ4v) is 0. The van der Waals surface area contributed by atoms with E-state index in [0.29, 0.717) is 0 Å². The third-order valence-corrected chi connectivity index (χ3v) is 0.484. The summed E-state index contributed by atoms with van der Waals surface area (Å²) in [5.41, 5.74) is 0. The maximum atomic E-state index is 11.1. The Labute approximate surface area is 40.3 Å². The molecule has 0 heterocycles. The lowest BCUT2D eigenvalue weighted by molar-refractivity contribution is -0.107. The minimum Gasteiger partial charge on any atom is -0.170 e. The van der Waals surface area contributed by atoms with Gasteiger partial charge in [0.1, 0.15) is 0 Å². The van der Waals surface area contributed by atoms with Gasteiger partial charge in [0.2, 0.25) is 0 Å². The van der Waals surface area contributed by atoms with E-state index in [1.54, 1.807) is 0 Å². The van der Waals surface area contributed by atoms with Gasteiger partial charge in [-0.05, 0) is 6.92 Å². The van der Waals surface area contributed by atoms with Gasteiger partial charge in [-0.1, -0.05) is 6.92 Å². The summed E-state index contributed by atoms with van der Waals surface area (Å²) in [6, 6.07) is 0. The van der Waals surface area contributed by atoms with Gasteiger partial charge in [0.15, 0.2) is 0 Å². The summed E-state index contributed by atoms with van der Waals surface area (Å²) in [5, 5.41) is 0. The lowest BCUT2D eigenvalue weighted by atomic mass is 10.2. The van der Waals surface area contributed by atoms with E-state index < -0.39 is 12.1 Å². The van der Waals surface area contributed by atoms with Crippen molar-refractivity contribution >= 4 is 0 Å². The Morgan fingerprint density at radius 1 is 1.43 bits per heavy atom. The van der Waals surface area contributed by atoms with E-state index in [2.05, 4.69) is 6.92 Å². The summed E-state index contributed by atoms with van der Waals surface area (Å²) in [5.74, 6) is -0.757. The highest BCUT2D eigenvalue weighted by atomic mass is 19.4. The predicted octanol–water partition coefficient (Wildman–Crippen LogP) is 1.98. The highest BCUT2D eigenvalue weighted by Crippen LogP contribution is 2.25. The molecule has 7 heavy (non-hydrogen) atoms. The van der Waals surface area contributed by atoms with Gasteiger partial charge in [0.05, 0.1) is 5.92 Å². The van der Waals surface area contributed by atoms with E-state index in [4.69, 9.17) is 0 Å². The summed E-state index contributed by atoms with van der Waals surface area (Å²) in [6.07, 6.45) is -4.19. The van der Waals surface area contributed by atoms with Crippen LogP contribution in [0.3, 0.4) is 0 Å². The van der Waals surface area contributed by atoms with Crippen LogP contribution in [0.15, 0.2) is 0 Å². The average Bonchev–Trinajstić information content (AvgIpc) is 1.31. The molecule has 0 bridgehead atoms. The van der Waals surface area contributed by atoms with E-state index in [1.165, 1.54) is 0 Å². The molecule has 0 aliphatic rings. The molecule has 0 aliphatic carbocycles. The first kappa shape index (κ1) is 6.79. The second-order valence-electron chi connectivity index (χ2n) is 1.28. The summed E-state index contributed by atoms with van der Waals surface area (Å²) >= 11 is 0. The fraction of sp³-hybridized carbons (Fsp3) is 0.500. The van der Waals surface area contributed by atoms with Crippen LogP contribution in [-0.2, 0) is 0 Å². The van der Waals surface area contributed by atoms with Crippen LogP contribution in [0, 0.1) is 12.8 Å². The Balaban J connectivity index is 3.54. The summed E-state index contributed by atoms with van der Waals surface area (Å²) in [6.45, 7) is 3.63. The average molecular weight is 110 g/mol. The molecule has 0 aromatic heterocycles. The minimum absolute atomic E-state index is 0.757. The molecule has 0 nitrogen and oxygen atoms in total. The third-order valence-electron chi connectivity index (χ3n) is 0.484. The number of hydrogen-bond donors (Lipinski definition) is 0. The molecule has 0 aromatic carbocycles. The van der Waals surface area contributed by atoms with Gasteiger partial charge in [-0.15, -0.1) is 0 Å². The van der Waals surface area contributed by atoms with Gasteiger partial charge >= 0.3 is 6.18 Å². The number of rotatable bonds is 0. The van der Waals surface area contributed by atoms with E-state index in [-0.39, 0.29) is 0 Å². The van der Waals surface area contributed by atoms with E-state index >= 15 is 0 Å². The number of halogens is 3. The SMILES string of the molecule is [CH2][C](C)C(F)(F)F. The van der Waals surface area contributed by atoms with Crippen molar-refractivity contribution in [2.24, 2.45) is 0 Å². The maximum Gasteiger partial charge on any atom is 0.395 e. The van der Waals surface area contributed by atoms with Crippen molar-refractivity contribution in [3.05, 3.63) is 12.8 Å². The van der Waals surface area contributed by atoms with Crippen molar-refractivity contribution in [3.63, 3.8) is 0 Å². The quantitative estimate of drug-likeness (QED) is 0.447. The molecule has 0 saturated heterocycles. The van der Waals surface area contributed by atoms with Crippen molar-refractivity contribution in [3.8, 4) is 0 Å². The van der Waals surface area contributed by atoms with Gasteiger partial charge in [-0.25, -0.2) is 0 Å². The first-order valence-corrected chi connectivity index (χ1v) is 1.67. The molecule has 3 heteroatoms. The minimum atomic E-state index is -4.19. The summed E-state index contributed by atoms with van der Waals surface area (Å²) in [7, 11) is 0. The first-order chi connectivity index (χ1) is 2.94. The molecule has 0 unspecified atom stereocenters. The van der Waals surface area contributed by atoms with Crippen LogP contribution in [0.1, 0.15) is 6.92 Å². The Morgan fingerprint density at radius 3 is 1.57 bits per heavy atom. The predicted molar refractivity (Wildman–Crippen MR) is 20.3 cm³/mol. The van der Waals surface area contributed by atoms with Gasteiger partial charge in [-0.2, -0.15) is 13.2 Å². The lowest BCUT2D eigenvalue weighted by Gasteiger charge is -2.06. The van der Waals surface area contributed by atoms with Crippen molar-refractivity contribution in [1.29, 1.82) is 0 Å². The summed E-state index contributed by atoms with van der Waals surface area (Å²) in [4.78, 5) is 0. The van der Waals surface area contributed by atoms with Crippen LogP contribution in [0.2, 0.25) is 0 Å². The van der Waals surface area contributed by atoms with Gasteiger partial charge in [0.25, 0.3) is 0 Å². The maximum absolute atomic E-state index is 11.1. The molecular weight excluding hydrogens is 105 g/mol. The van der Waals surface area contributed by atoms with Crippen LogP contribution in [0.4, 0.5) is 13.2 Å². The molecule has 0 N–H and O–H groups in total. The Bertz CT molecular complexity index is 52.4.